The Morgan fingerprint density at radius 2 is 1.21 bits per heavy atom. The number of aliphatic hydroxyl groups excluding tert-OH is 1. The number of aliphatic carboxylic acids is 1. The number of aromatic nitrogens is 2. The van der Waals surface area contributed by atoms with Gasteiger partial charge in [-0.05, 0) is 42.0 Å². The molecular weight excluding hydrogens is 684 g/mol. The molecule has 0 aliphatic carbocycles. The minimum absolute atomic E-state index is 0.0177. The highest BCUT2D eigenvalue weighted by Gasteiger charge is 2.33. The predicted molar refractivity (Wildman–Crippen MR) is 199 cm³/mol. The van der Waals surface area contributed by atoms with E-state index >= 15 is 0 Å². The number of hydrogen-bond donors (Lipinski definition) is 11. The van der Waals surface area contributed by atoms with Crippen LogP contribution < -0.4 is 38.5 Å². The molecule has 2 aromatic heterocycles. The molecule has 0 fully saturated rings. The van der Waals surface area contributed by atoms with Gasteiger partial charge in [-0.3, -0.25) is 24.2 Å². The first-order valence-corrected chi connectivity index (χ1v) is 17.2. The largest absolute Gasteiger partial charge is 0.480 e. The highest BCUT2D eigenvalue weighted by molar-refractivity contribution is 5.96. The number of hydrogen-bond acceptors (Lipinski definition) is 8. The minimum atomic E-state index is -1.47. The van der Waals surface area contributed by atoms with Crippen LogP contribution in [0.5, 0.6) is 0 Å². The van der Waals surface area contributed by atoms with Crippen molar-refractivity contribution in [2.24, 2.45) is 28.1 Å². The lowest BCUT2D eigenvalue weighted by Crippen LogP contribution is -2.60. The number of benzene rings is 2. The number of nitrogens with zero attached hydrogens (tertiary/aromatic N) is 1. The normalized spacial score (nSPS) is 14.1. The Balaban J connectivity index is 1.60. The van der Waals surface area contributed by atoms with Crippen molar-refractivity contribution in [2.45, 2.75) is 69.7 Å². The molecule has 17 nitrogen and oxygen atoms in total. The number of amides is 4. The van der Waals surface area contributed by atoms with Gasteiger partial charge in [0.05, 0.1) is 12.6 Å². The summed E-state index contributed by atoms with van der Waals surface area (Å²) in [6.07, 6.45) is 3.90. The van der Waals surface area contributed by atoms with E-state index in [1.165, 1.54) is 0 Å². The van der Waals surface area contributed by atoms with Crippen molar-refractivity contribution in [2.75, 3.05) is 13.2 Å². The van der Waals surface area contributed by atoms with Gasteiger partial charge in [0, 0.05) is 53.6 Å². The molecule has 14 N–H and O–H groups in total. The number of aliphatic imine (C=N–C) groups is 1. The van der Waals surface area contributed by atoms with Crippen LogP contribution in [0.4, 0.5) is 0 Å². The number of carboxylic acid groups (broad SMARTS) is 1. The molecule has 2 heterocycles. The van der Waals surface area contributed by atoms with E-state index in [1.807, 2.05) is 48.5 Å². The third-order valence-electron chi connectivity index (χ3n) is 8.81. The molecule has 0 radical (unpaired) electrons. The number of para-hydroxylation sites is 2. The fourth-order valence-corrected chi connectivity index (χ4v) is 5.89. The maximum absolute atomic E-state index is 14.2. The number of rotatable bonds is 19. The van der Waals surface area contributed by atoms with Crippen LogP contribution in [0.15, 0.2) is 65.9 Å². The monoisotopic (exact) mass is 732 g/mol. The first-order chi connectivity index (χ1) is 25.3. The summed E-state index contributed by atoms with van der Waals surface area (Å²) in [6.45, 7) is 2.73. The van der Waals surface area contributed by atoms with Crippen molar-refractivity contribution in [3.05, 3.63) is 72.1 Å². The molecule has 4 aromatic rings. The number of carbonyl (C=O) groups excluding carboxylic acids is 4. The van der Waals surface area contributed by atoms with Crippen LogP contribution in [0.25, 0.3) is 21.8 Å². The number of aliphatic hydroxyl groups is 1. The lowest BCUT2D eigenvalue weighted by Gasteiger charge is -2.26. The van der Waals surface area contributed by atoms with Crippen molar-refractivity contribution in [1.82, 2.24) is 31.2 Å². The van der Waals surface area contributed by atoms with Crippen LogP contribution in [0.3, 0.4) is 0 Å². The summed E-state index contributed by atoms with van der Waals surface area (Å²) in [5, 5.41) is 31.8. The average molecular weight is 733 g/mol. The Kier molecular flexibility index (Phi) is 13.9. The Bertz CT molecular complexity index is 1930. The number of carbonyl (C=O) groups is 5. The maximum atomic E-state index is 14.2. The summed E-state index contributed by atoms with van der Waals surface area (Å²) in [5.41, 5.74) is 19.6. The number of nitrogens with two attached hydrogens (primary N) is 3. The fourth-order valence-electron chi connectivity index (χ4n) is 5.89. The fraction of sp³-hybridized carbons (Fsp3) is 0.389. The van der Waals surface area contributed by atoms with Crippen LogP contribution in [-0.4, -0.2) is 99.1 Å². The molecule has 2 aromatic carbocycles. The van der Waals surface area contributed by atoms with Crippen LogP contribution in [0.2, 0.25) is 0 Å². The van der Waals surface area contributed by atoms with Gasteiger partial charge >= 0.3 is 5.97 Å². The zero-order chi connectivity index (χ0) is 38.7. The van der Waals surface area contributed by atoms with Gasteiger partial charge in [-0.15, -0.1) is 0 Å². The van der Waals surface area contributed by atoms with Gasteiger partial charge in [-0.2, -0.15) is 0 Å². The highest BCUT2D eigenvalue weighted by atomic mass is 16.4. The molecule has 4 amide bonds. The Hall–Kier alpha value is -5.94. The van der Waals surface area contributed by atoms with Crippen LogP contribution in [0, 0.1) is 5.92 Å². The maximum Gasteiger partial charge on any atom is 0.326 e. The van der Waals surface area contributed by atoms with E-state index < -0.39 is 72.3 Å². The van der Waals surface area contributed by atoms with Gasteiger partial charge in [0.1, 0.15) is 24.2 Å². The average Bonchev–Trinajstić information content (AvgIpc) is 3.73. The molecule has 0 saturated carbocycles. The van der Waals surface area contributed by atoms with E-state index in [0.29, 0.717) is 17.5 Å². The van der Waals surface area contributed by atoms with E-state index in [0.717, 1.165) is 21.8 Å². The summed E-state index contributed by atoms with van der Waals surface area (Å²) < 4.78 is 0. The second-order valence-electron chi connectivity index (χ2n) is 13.1. The predicted octanol–water partition coefficient (Wildman–Crippen LogP) is -0.513. The summed E-state index contributed by atoms with van der Waals surface area (Å²) in [5.74, 6) is -4.90. The quantitative estimate of drug-likeness (QED) is 0.0333. The first kappa shape index (κ1) is 39.8. The van der Waals surface area contributed by atoms with Gasteiger partial charge in [-0.1, -0.05) is 50.2 Å². The molecule has 0 bridgehead atoms. The molecule has 17 heteroatoms. The molecule has 4 rings (SSSR count). The Labute approximate surface area is 305 Å². The molecule has 0 aliphatic rings. The number of guanidine groups is 1. The number of H-pyrrole nitrogens is 2. The van der Waals surface area contributed by atoms with Crippen molar-refractivity contribution < 1.29 is 34.2 Å². The van der Waals surface area contributed by atoms with Gasteiger partial charge in [0.2, 0.25) is 23.6 Å². The summed E-state index contributed by atoms with van der Waals surface area (Å²) in [7, 11) is 0. The Morgan fingerprint density at radius 3 is 1.68 bits per heavy atom. The first-order valence-electron chi connectivity index (χ1n) is 17.2. The molecule has 284 valence electrons. The second kappa shape index (κ2) is 18.5. The van der Waals surface area contributed by atoms with Gasteiger partial charge in [0.25, 0.3) is 0 Å². The Morgan fingerprint density at radius 1 is 0.736 bits per heavy atom. The highest BCUT2D eigenvalue weighted by Crippen LogP contribution is 2.21. The van der Waals surface area contributed by atoms with Crippen LogP contribution in [0.1, 0.15) is 37.8 Å². The minimum Gasteiger partial charge on any atom is -0.480 e. The molecule has 0 aliphatic heterocycles. The number of carboxylic acids is 1. The molecular formula is C36H48N10O7. The van der Waals surface area contributed by atoms with Crippen LogP contribution in [-0.2, 0) is 36.8 Å². The topological polar surface area (TPSA) is 296 Å². The number of aromatic amines is 2. The van der Waals surface area contributed by atoms with Crippen molar-refractivity contribution in [3.63, 3.8) is 0 Å². The van der Waals surface area contributed by atoms with Gasteiger partial charge in [-0.25, -0.2) is 4.79 Å². The number of fused-ring (bicyclic) bond motifs is 2. The second-order valence-corrected chi connectivity index (χ2v) is 13.1. The molecule has 5 atom stereocenters. The van der Waals surface area contributed by atoms with Crippen molar-refractivity contribution in [1.29, 1.82) is 0 Å². The molecule has 0 saturated heterocycles. The van der Waals surface area contributed by atoms with Crippen LogP contribution >= 0.6 is 0 Å². The van der Waals surface area contributed by atoms with Crippen molar-refractivity contribution >= 4 is 57.4 Å². The lowest BCUT2D eigenvalue weighted by atomic mass is 10.00. The van der Waals surface area contributed by atoms with E-state index in [9.17, 15) is 34.2 Å². The molecule has 0 spiro atoms. The van der Waals surface area contributed by atoms with E-state index in [2.05, 4.69) is 36.2 Å². The standard InChI is InChI=1S/C36H48N10O7/c1-19(2)30(35(52)53)46-33(50)28(15-21-17-42-26-12-6-4-9-23(21)26)43-32(49)27(14-20-16-41-25-11-5-3-8-22(20)25)44-34(51)29(18-47)45-31(48)24(37)10-7-13-40-36(38)39/h3-6,8-9,11-12,16-17,19,24,27-30,41-42,47H,7,10,13-15,18,37H2,1-2H3,(H,43,49)(H,44,51)(H,45,48)(H,46,50)(H,52,53)(H4,38,39,40)/t24-,27-,28-,29-,30-/m0/s1. The smallest absolute Gasteiger partial charge is 0.326 e. The van der Waals surface area contributed by atoms with Crippen molar-refractivity contribution in [3.8, 4) is 0 Å². The number of nitrogens with one attached hydrogen (secondary N) is 6. The summed E-state index contributed by atoms with van der Waals surface area (Å²) in [4.78, 5) is 76.5. The SMILES string of the molecule is CC(C)[C@H](NC(=O)[C@H](Cc1c[nH]c2ccccc12)NC(=O)[C@H](Cc1c[nH]c2ccccc12)NC(=O)[C@H](CO)NC(=O)[C@@H](N)CCCN=C(N)N)C(=O)O. The van der Waals surface area contributed by atoms with Gasteiger partial charge in [0.15, 0.2) is 5.96 Å². The summed E-state index contributed by atoms with van der Waals surface area (Å²) in [6, 6.07) is 8.39. The van der Waals surface area contributed by atoms with E-state index in [1.54, 1.807) is 26.2 Å². The van der Waals surface area contributed by atoms with E-state index in [-0.39, 0.29) is 31.8 Å². The molecule has 0 unspecified atom stereocenters. The zero-order valence-corrected chi connectivity index (χ0v) is 29.6. The third kappa shape index (κ3) is 10.8. The summed E-state index contributed by atoms with van der Waals surface area (Å²) >= 11 is 0. The molecule has 53 heavy (non-hydrogen) atoms. The van der Waals surface area contributed by atoms with Gasteiger partial charge < -0.3 is 58.6 Å². The lowest BCUT2D eigenvalue weighted by molar-refractivity contribution is -0.143. The zero-order valence-electron chi connectivity index (χ0n) is 29.6. The third-order valence-corrected chi connectivity index (χ3v) is 8.81. The van der Waals surface area contributed by atoms with E-state index in [4.69, 9.17) is 17.2 Å².